The third-order valence-electron chi connectivity index (χ3n) is 4.16. The van der Waals surface area contributed by atoms with Crippen molar-refractivity contribution in [3.8, 4) is 0 Å². The van der Waals surface area contributed by atoms with Crippen LogP contribution in [0.2, 0.25) is 0 Å². The van der Waals surface area contributed by atoms with E-state index in [-0.39, 0.29) is 6.16 Å². The highest BCUT2D eigenvalue weighted by molar-refractivity contribution is 7.51. The zero-order chi connectivity index (χ0) is 20.1. The zero-order valence-electron chi connectivity index (χ0n) is 17.1. The van der Waals surface area contributed by atoms with E-state index in [4.69, 9.17) is 28.7 Å². The number of ether oxygens (including phenoxy) is 4. The summed E-state index contributed by atoms with van der Waals surface area (Å²) in [5.74, 6) is 0. The molecular weight excluding hydrogens is 371 g/mol. The smallest absolute Gasteiger partial charge is 0.325 e. The average molecular weight is 413 g/mol. The van der Waals surface area contributed by atoms with E-state index in [9.17, 15) is 4.57 Å². The molecule has 0 aliphatic heterocycles. The summed E-state index contributed by atoms with van der Waals surface area (Å²) in [5.41, 5.74) is 0. The van der Waals surface area contributed by atoms with Gasteiger partial charge in [-0.05, 0) is 12.8 Å². The van der Waals surface area contributed by atoms with Crippen molar-refractivity contribution in [2.75, 3.05) is 59.5 Å². The Kier molecular flexibility index (Phi) is 20.7. The highest BCUT2D eigenvalue weighted by Gasteiger charge is 2.10. The van der Waals surface area contributed by atoms with E-state index in [1.165, 1.54) is 38.5 Å². The average Bonchev–Trinajstić information content (AvgIpc) is 2.62. The molecule has 0 aliphatic rings. The second-order valence-corrected chi connectivity index (χ2v) is 8.53. The lowest BCUT2D eigenvalue weighted by Crippen LogP contribution is -2.11. The first-order chi connectivity index (χ1) is 13.1. The largest absolute Gasteiger partial charge is 0.382 e. The molecule has 0 rings (SSSR count). The second-order valence-electron chi connectivity index (χ2n) is 6.75. The molecule has 0 amide bonds. The molecule has 2 N–H and O–H groups in total. The van der Waals surface area contributed by atoms with Crippen LogP contribution >= 0.6 is 7.60 Å². The Morgan fingerprint density at radius 3 is 1.37 bits per heavy atom. The first-order valence-corrected chi connectivity index (χ1v) is 12.1. The van der Waals surface area contributed by atoms with Gasteiger partial charge >= 0.3 is 7.60 Å². The number of rotatable bonds is 22. The molecule has 27 heavy (non-hydrogen) atoms. The first-order valence-electron chi connectivity index (χ1n) is 10.3. The third-order valence-corrected chi connectivity index (χ3v) is 5.06. The van der Waals surface area contributed by atoms with Crippen molar-refractivity contribution in [1.29, 1.82) is 0 Å². The van der Waals surface area contributed by atoms with Gasteiger partial charge in [0.2, 0.25) is 0 Å². The third kappa shape index (κ3) is 26.0. The fourth-order valence-electron chi connectivity index (χ4n) is 2.62. The van der Waals surface area contributed by atoms with Crippen LogP contribution in [0.1, 0.15) is 64.2 Å². The SMILES string of the molecule is COCCOCCOCCOCCCCCCCCCCCCP(=O)(O)O. The summed E-state index contributed by atoms with van der Waals surface area (Å²) in [5, 5.41) is 0. The van der Waals surface area contributed by atoms with Crippen molar-refractivity contribution in [1.82, 2.24) is 0 Å². The monoisotopic (exact) mass is 412 g/mol. The van der Waals surface area contributed by atoms with Gasteiger partial charge in [0, 0.05) is 19.9 Å². The lowest BCUT2D eigenvalue weighted by molar-refractivity contribution is 0.00323. The molecule has 0 aromatic rings. The van der Waals surface area contributed by atoms with Crippen LogP contribution in [-0.2, 0) is 23.5 Å². The predicted octanol–water partition coefficient (Wildman–Crippen LogP) is 3.76. The van der Waals surface area contributed by atoms with Crippen molar-refractivity contribution in [2.24, 2.45) is 0 Å². The van der Waals surface area contributed by atoms with Crippen LogP contribution in [-0.4, -0.2) is 69.3 Å². The Labute approximate surface area is 165 Å². The van der Waals surface area contributed by atoms with Crippen LogP contribution in [0, 0.1) is 0 Å². The number of unbranched alkanes of at least 4 members (excludes halogenated alkanes) is 9. The van der Waals surface area contributed by atoms with Crippen molar-refractivity contribution < 1.29 is 33.3 Å². The molecule has 0 saturated carbocycles. The second kappa shape index (κ2) is 20.7. The van der Waals surface area contributed by atoms with Crippen LogP contribution in [0.5, 0.6) is 0 Å². The fourth-order valence-corrected chi connectivity index (χ4v) is 3.26. The summed E-state index contributed by atoms with van der Waals surface area (Å²) in [6.07, 6.45) is 11.1. The molecule has 0 aromatic carbocycles. The Hall–Kier alpha value is -0.0100. The van der Waals surface area contributed by atoms with E-state index in [1.54, 1.807) is 7.11 Å². The number of hydrogen-bond acceptors (Lipinski definition) is 5. The maximum atomic E-state index is 10.7. The highest BCUT2D eigenvalue weighted by atomic mass is 31.2. The quantitative estimate of drug-likeness (QED) is 0.206. The summed E-state index contributed by atoms with van der Waals surface area (Å²) in [4.78, 5) is 17.5. The summed E-state index contributed by atoms with van der Waals surface area (Å²) in [7, 11) is -2.13. The van der Waals surface area contributed by atoms with E-state index in [2.05, 4.69) is 0 Å². The molecular formula is C19H41O7P. The van der Waals surface area contributed by atoms with Gasteiger partial charge in [-0.2, -0.15) is 0 Å². The van der Waals surface area contributed by atoms with Crippen molar-refractivity contribution >= 4 is 7.60 Å². The van der Waals surface area contributed by atoms with Gasteiger partial charge in [-0.15, -0.1) is 0 Å². The summed E-state index contributed by atoms with van der Waals surface area (Å²) in [6.45, 7) is 4.46. The van der Waals surface area contributed by atoms with Crippen LogP contribution in [0.25, 0.3) is 0 Å². The Balaban J connectivity index is 3.02. The summed E-state index contributed by atoms with van der Waals surface area (Å²) < 4.78 is 31.8. The van der Waals surface area contributed by atoms with Gasteiger partial charge in [0.25, 0.3) is 0 Å². The number of methoxy groups -OCH3 is 1. The van der Waals surface area contributed by atoms with Crippen LogP contribution in [0.4, 0.5) is 0 Å². The molecule has 0 radical (unpaired) electrons. The fraction of sp³-hybridized carbons (Fsp3) is 1.00. The lowest BCUT2D eigenvalue weighted by atomic mass is 10.1. The molecule has 0 spiro atoms. The van der Waals surface area contributed by atoms with Gasteiger partial charge in [0.05, 0.1) is 39.6 Å². The molecule has 8 heteroatoms. The van der Waals surface area contributed by atoms with Crippen LogP contribution < -0.4 is 0 Å². The minimum atomic E-state index is -3.79. The number of hydrogen-bond donors (Lipinski definition) is 2. The van der Waals surface area contributed by atoms with Crippen LogP contribution in [0.15, 0.2) is 0 Å². The van der Waals surface area contributed by atoms with Gasteiger partial charge < -0.3 is 28.7 Å². The standard InChI is InChI=1S/C19H41O7P/c1-23-13-14-25-17-18-26-16-15-24-12-10-8-6-4-2-3-5-7-9-11-19-27(20,21)22/h2-19H2,1H3,(H2,20,21,22). The minimum Gasteiger partial charge on any atom is -0.382 e. The molecule has 0 unspecified atom stereocenters. The zero-order valence-corrected chi connectivity index (χ0v) is 18.0. The van der Waals surface area contributed by atoms with Gasteiger partial charge in [-0.1, -0.05) is 51.4 Å². The summed E-state index contributed by atoms with van der Waals surface area (Å²) >= 11 is 0. The Morgan fingerprint density at radius 1 is 0.556 bits per heavy atom. The molecule has 0 heterocycles. The summed E-state index contributed by atoms with van der Waals surface area (Å²) in [6, 6.07) is 0. The highest BCUT2D eigenvalue weighted by Crippen LogP contribution is 2.35. The molecule has 0 aliphatic carbocycles. The first kappa shape index (κ1) is 27.0. The normalized spacial score (nSPS) is 12.0. The molecule has 0 bridgehead atoms. The van der Waals surface area contributed by atoms with Gasteiger partial charge in [0.1, 0.15) is 0 Å². The van der Waals surface area contributed by atoms with E-state index in [0.29, 0.717) is 46.1 Å². The van der Waals surface area contributed by atoms with Crippen LogP contribution in [0.3, 0.4) is 0 Å². The van der Waals surface area contributed by atoms with E-state index >= 15 is 0 Å². The molecule has 0 fully saturated rings. The maximum Gasteiger partial charge on any atom is 0.325 e. The predicted molar refractivity (Wildman–Crippen MR) is 107 cm³/mol. The molecule has 164 valence electrons. The van der Waals surface area contributed by atoms with Gasteiger partial charge in [-0.3, -0.25) is 4.57 Å². The topological polar surface area (TPSA) is 94.5 Å². The molecule has 0 aromatic heterocycles. The Bertz CT molecular complexity index is 336. The Morgan fingerprint density at radius 2 is 0.926 bits per heavy atom. The van der Waals surface area contributed by atoms with E-state index in [0.717, 1.165) is 25.9 Å². The minimum absolute atomic E-state index is 0.0322. The van der Waals surface area contributed by atoms with Crippen molar-refractivity contribution in [3.63, 3.8) is 0 Å². The lowest BCUT2D eigenvalue weighted by Gasteiger charge is -2.07. The van der Waals surface area contributed by atoms with E-state index < -0.39 is 7.60 Å². The van der Waals surface area contributed by atoms with Crippen molar-refractivity contribution in [2.45, 2.75) is 64.2 Å². The molecule has 0 atom stereocenters. The van der Waals surface area contributed by atoms with Gasteiger partial charge in [-0.25, -0.2) is 0 Å². The maximum absolute atomic E-state index is 10.7. The van der Waals surface area contributed by atoms with Gasteiger partial charge in [0.15, 0.2) is 0 Å². The van der Waals surface area contributed by atoms with E-state index in [1.807, 2.05) is 0 Å². The van der Waals surface area contributed by atoms with Crippen molar-refractivity contribution in [3.05, 3.63) is 0 Å². The molecule has 0 saturated heterocycles. The molecule has 7 nitrogen and oxygen atoms in total.